The van der Waals surface area contributed by atoms with E-state index in [9.17, 15) is 18.5 Å². The van der Waals surface area contributed by atoms with Gasteiger partial charge in [-0.3, -0.25) is 9.69 Å². The molecule has 1 aliphatic rings. The second kappa shape index (κ2) is 8.57. The minimum Gasteiger partial charge on any atom is -0.336 e. The number of carbonyl (C=O) groups excluding carboxylic acids is 1. The van der Waals surface area contributed by atoms with E-state index in [1.54, 1.807) is 4.90 Å². The highest BCUT2D eigenvalue weighted by Gasteiger charge is 2.29. The van der Waals surface area contributed by atoms with Crippen LogP contribution in [0, 0.1) is 17.2 Å². The Labute approximate surface area is 166 Å². The first-order chi connectivity index (χ1) is 12.6. The molecule has 0 aromatic heterocycles. The van der Waals surface area contributed by atoms with Crippen molar-refractivity contribution in [1.29, 1.82) is 5.26 Å². The number of rotatable bonds is 5. The van der Waals surface area contributed by atoms with Crippen LogP contribution in [-0.2, 0) is 10.0 Å². The Bertz CT molecular complexity index is 841. The molecule has 1 aliphatic heterocycles. The van der Waals surface area contributed by atoms with E-state index in [1.165, 1.54) is 32.3 Å². The fraction of sp³-hybridized carbons (Fsp3) is 0.556. The summed E-state index contributed by atoms with van der Waals surface area (Å²) in [6.07, 6.45) is 0. The maximum atomic E-state index is 12.8. The van der Waals surface area contributed by atoms with E-state index in [1.807, 2.05) is 13.8 Å². The molecule has 1 aromatic rings. The summed E-state index contributed by atoms with van der Waals surface area (Å²) in [4.78, 5) is 16.5. The van der Waals surface area contributed by atoms with Gasteiger partial charge in [-0.2, -0.15) is 5.26 Å². The van der Waals surface area contributed by atoms with Crippen molar-refractivity contribution in [3.05, 3.63) is 28.8 Å². The fourth-order valence-electron chi connectivity index (χ4n) is 3.07. The first-order valence-electron chi connectivity index (χ1n) is 8.74. The summed E-state index contributed by atoms with van der Waals surface area (Å²) in [6.45, 7) is 6.21. The van der Waals surface area contributed by atoms with Crippen LogP contribution in [0.25, 0.3) is 0 Å². The summed E-state index contributed by atoms with van der Waals surface area (Å²) in [6, 6.07) is 6.46. The lowest BCUT2D eigenvalue weighted by molar-refractivity contribution is 0.0576. The topological polar surface area (TPSA) is 84.7 Å². The molecular weight excluding hydrogens is 388 g/mol. The number of piperazine rings is 1. The number of halogens is 1. The molecule has 0 bridgehead atoms. The van der Waals surface area contributed by atoms with E-state index in [4.69, 9.17) is 11.6 Å². The molecule has 0 saturated carbocycles. The van der Waals surface area contributed by atoms with Gasteiger partial charge in [-0.15, -0.1) is 0 Å². The zero-order valence-corrected chi connectivity index (χ0v) is 17.6. The smallest absolute Gasteiger partial charge is 0.253 e. The highest BCUT2D eigenvalue weighted by molar-refractivity contribution is 7.89. The van der Waals surface area contributed by atoms with Crippen molar-refractivity contribution in [3.63, 3.8) is 0 Å². The number of amides is 1. The van der Waals surface area contributed by atoms with E-state index in [0.29, 0.717) is 26.2 Å². The van der Waals surface area contributed by atoms with Gasteiger partial charge in [0.05, 0.1) is 11.1 Å². The van der Waals surface area contributed by atoms with Crippen molar-refractivity contribution < 1.29 is 13.2 Å². The summed E-state index contributed by atoms with van der Waals surface area (Å²) < 4.78 is 25.9. The summed E-state index contributed by atoms with van der Waals surface area (Å²) in [7, 11) is -0.908. The van der Waals surface area contributed by atoms with Gasteiger partial charge in [-0.25, -0.2) is 12.7 Å². The van der Waals surface area contributed by atoms with Gasteiger partial charge in [0, 0.05) is 45.8 Å². The van der Waals surface area contributed by atoms with E-state index in [0.717, 1.165) is 4.31 Å². The van der Waals surface area contributed by atoms with Gasteiger partial charge in [-0.1, -0.05) is 25.4 Å². The predicted molar refractivity (Wildman–Crippen MR) is 104 cm³/mol. The average Bonchev–Trinajstić information content (AvgIpc) is 2.62. The van der Waals surface area contributed by atoms with Crippen LogP contribution in [0.1, 0.15) is 24.2 Å². The number of nitrogens with zero attached hydrogens (tertiary/aromatic N) is 4. The summed E-state index contributed by atoms with van der Waals surface area (Å²) in [5.74, 6) is -0.0214. The Kier molecular flexibility index (Phi) is 6.87. The molecule has 0 spiro atoms. The molecule has 148 valence electrons. The van der Waals surface area contributed by atoms with Crippen molar-refractivity contribution in [3.8, 4) is 6.07 Å². The van der Waals surface area contributed by atoms with Gasteiger partial charge in [0.2, 0.25) is 10.0 Å². The first-order valence-corrected chi connectivity index (χ1v) is 10.6. The minimum atomic E-state index is -3.74. The largest absolute Gasteiger partial charge is 0.336 e. The van der Waals surface area contributed by atoms with Crippen LogP contribution in [0.15, 0.2) is 23.1 Å². The van der Waals surface area contributed by atoms with Crippen LogP contribution in [-0.4, -0.2) is 74.7 Å². The van der Waals surface area contributed by atoms with E-state index in [-0.39, 0.29) is 33.3 Å². The van der Waals surface area contributed by atoms with Crippen molar-refractivity contribution in [2.75, 3.05) is 40.3 Å². The maximum absolute atomic E-state index is 12.8. The summed E-state index contributed by atoms with van der Waals surface area (Å²) in [5, 5.41) is 9.42. The lowest BCUT2D eigenvalue weighted by Gasteiger charge is -2.38. The van der Waals surface area contributed by atoms with Gasteiger partial charge in [0.1, 0.15) is 10.9 Å². The minimum absolute atomic E-state index is 0.0806. The molecule has 1 aromatic carbocycles. The fourth-order valence-corrected chi connectivity index (χ4v) is 4.46. The van der Waals surface area contributed by atoms with Crippen LogP contribution in [0.4, 0.5) is 0 Å². The third-order valence-electron chi connectivity index (χ3n) is 4.70. The standard InChI is InChI=1S/C18H25ClN4O3S/c1-13(2)16(12-20)22-7-9-23(10-8-22)18(24)14-5-6-15(19)17(11-14)27(25,26)21(3)4/h5-6,11,13,16H,7-10H2,1-4H3. The highest BCUT2D eigenvalue weighted by atomic mass is 35.5. The highest BCUT2D eigenvalue weighted by Crippen LogP contribution is 2.25. The van der Waals surface area contributed by atoms with Crippen LogP contribution in [0.5, 0.6) is 0 Å². The Morgan fingerprint density at radius 3 is 2.30 bits per heavy atom. The van der Waals surface area contributed by atoms with Crippen molar-refractivity contribution in [1.82, 2.24) is 14.1 Å². The van der Waals surface area contributed by atoms with Gasteiger partial charge < -0.3 is 4.90 Å². The van der Waals surface area contributed by atoms with Gasteiger partial charge in [-0.05, 0) is 24.1 Å². The third-order valence-corrected chi connectivity index (χ3v) is 6.99. The first kappa shape index (κ1) is 21.6. The monoisotopic (exact) mass is 412 g/mol. The van der Waals surface area contributed by atoms with E-state index < -0.39 is 10.0 Å². The van der Waals surface area contributed by atoms with Gasteiger partial charge in [0.25, 0.3) is 5.91 Å². The Morgan fingerprint density at radius 1 is 1.22 bits per heavy atom. The second-order valence-electron chi connectivity index (χ2n) is 7.08. The SMILES string of the molecule is CC(C)C(C#N)N1CCN(C(=O)c2ccc(Cl)c(S(=O)(=O)N(C)C)c2)CC1. The van der Waals surface area contributed by atoms with Crippen LogP contribution in [0.3, 0.4) is 0 Å². The zero-order valence-electron chi connectivity index (χ0n) is 16.0. The Hall–Kier alpha value is -1.66. The number of hydrogen-bond acceptors (Lipinski definition) is 5. The summed E-state index contributed by atoms with van der Waals surface area (Å²) in [5.41, 5.74) is 0.286. The van der Waals surface area contributed by atoms with Crippen molar-refractivity contribution in [2.24, 2.45) is 5.92 Å². The second-order valence-corrected chi connectivity index (χ2v) is 9.61. The molecule has 1 amide bonds. The normalized spacial score (nSPS) is 17.2. The molecule has 1 atom stereocenters. The number of nitriles is 1. The molecule has 7 nitrogen and oxygen atoms in total. The number of carbonyl (C=O) groups is 1. The molecule has 0 N–H and O–H groups in total. The zero-order chi connectivity index (χ0) is 20.4. The van der Waals surface area contributed by atoms with Crippen molar-refractivity contribution >= 4 is 27.5 Å². The van der Waals surface area contributed by atoms with Crippen molar-refractivity contribution in [2.45, 2.75) is 24.8 Å². The molecule has 1 unspecified atom stereocenters. The maximum Gasteiger partial charge on any atom is 0.253 e. The number of benzene rings is 1. The third kappa shape index (κ3) is 4.61. The molecular formula is C18H25ClN4O3S. The Morgan fingerprint density at radius 2 is 1.81 bits per heavy atom. The molecule has 27 heavy (non-hydrogen) atoms. The lowest BCUT2D eigenvalue weighted by atomic mass is 10.0. The molecule has 1 heterocycles. The molecule has 1 fully saturated rings. The van der Waals surface area contributed by atoms with E-state index >= 15 is 0 Å². The lowest BCUT2D eigenvalue weighted by Crippen LogP contribution is -2.52. The quantitative estimate of drug-likeness (QED) is 0.737. The number of sulfonamides is 1. The summed E-state index contributed by atoms with van der Waals surface area (Å²) >= 11 is 6.05. The van der Waals surface area contributed by atoms with Gasteiger partial charge >= 0.3 is 0 Å². The molecule has 1 saturated heterocycles. The molecule has 9 heteroatoms. The van der Waals surface area contributed by atoms with Crippen LogP contribution < -0.4 is 0 Å². The molecule has 0 radical (unpaired) electrons. The van der Waals surface area contributed by atoms with Crippen LogP contribution >= 0.6 is 11.6 Å². The molecule has 0 aliphatic carbocycles. The average molecular weight is 413 g/mol. The van der Waals surface area contributed by atoms with Gasteiger partial charge in [0.15, 0.2) is 0 Å². The Balaban J connectivity index is 2.17. The van der Waals surface area contributed by atoms with Crippen LogP contribution in [0.2, 0.25) is 5.02 Å². The molecule has 2 rings (SSSR count). The van der Waals surface area contributed by atoms with E-state index in [2.05, 4.69) is 11.0 Å². The predicted octanol–water partition coefficient (Wildman–Crippen LogP) is 1.90. The number of hydrogen-bond donors (Lipinski definition) is 0.